The second-order valence-corrected chi connectivity index (χ2v) is 3.02. The number of carbonyl (C=O) groups excluding carboxylic acids is 1. The molecule has 0 saturated carbocycles. The monoisotopic (exact) mass is 216 g/mol. The number of aliphatic hydroxyl groups excluding tert-OH is 1. The number of pyridine rings is 1. The highest BCUT2D eigenvalue weighted by Gasteiger charge is 2.15. The fourth-order valence-electron chi connectivity index (χ4n) is 0.929. The molecule has 1 amide bonds. The second kappa shape index (κ2) is 4.79. The number of aromatic nitrogens is 1. The Hall–Kier alpha value is -1.56. The van der Waals surface area contributed by atoms with E-state index in [1.165, 1.54) is 6.92 Å². The second-order valence-electron chi connectivity index (χ2n) is 3.02. The molecule has 1 atom stereocenters. The summed E-state index contributed by atoms with van der Waals surface area (Å²) in [6, 6.07) is 1.07. The van der Waals surface area contributed by atoms with Crippen molar-refractivity contribution in [2.75, 3.05) is 6.54 Å². The standard InChI is InChI=1S/C9H10F2N2O2/c1-5(14)4-13-9(15)6-2-3-12-8(11)7(6)10/h2-3,5,14H,4H2,1H3,(H,13,15)/t5-/m1/s1. The van der Waals surface area contributed by atoms with Crippen LogP contribution < -0.4 is 5.32 Å². The molecule has 0 aliphatic rings. The van der Waals surface area contributed by atoms with Crippen LogP contribution in [0.25, 0.3) is 0 Å². The molecule has 1 aromatic heterocycles. The first-order valence-corrected chi connectivity index (χ1v) is 4.28. The number of nitrogens with zero attached hydrogens (tertiary/aromatic N) is 1. The Kier molecular flexibility index (Phi) is 3.68. The van der Waals surface area contributed by atoms with Gasteiger partial charge >= 0.3 is 0 Å². The van der Waals surface area contributed by atoms with Crippen molar-refractivity contribution in [2.24, 2.45) is 0 Å². The number of halogens is 2. The maximum Gasteiger partial charge on any atom is 0.254 e. The molecule has 0 spiro atoms. The van der Waals surface area contributed by atoms with Gasteiger partial charge in [-0.3, -0.25) is 4.79 Å². The summed E-state index contributed by atoms with van der Waals surface area (Å²) in [4.78, 5) is 14.3. The van der Waals surface area contributed by atoms with Crippen molar-refractivity contribution < 1.29 is 18.7 Å². The van der Waals surface area contributed by atoms with Crippen LogP contribution in [0.5, 0.6) is 0 Å². The summed E-state index contributed by atoms with van der Waals surface area (Å²) in [5.41, 5.74) is -0.428. The highest BCUT2D eigenvalue weighted by Crippen LogP contribution is 2.08. The molecule has 6 heteroatoms. The van der Waals surface area contributed by atoms with Crippen molar-refractivity contribution in [3.8, 4) is 0 Å². The van der Waals surface area contributed by atoms with E-state index in [1.54, 1.807) is 0 Å². The fraction of sp³-hybridized carbons (Fsp3) is 0.333. The van der Waals surface area contributed by atoms with Gasteiger partial charge in [-0.05, 0) is 13.0 Å². The Bertz CT molecular complexity index is 369. The van der Waals surface area contributed by atoms with Crippen molar-refractivity contribution in [2.45, 2.75) is 13.0 Å². The minimum Gasteiger partial charge on any atom is -0.392 e. The number of nitrogens with one attached hydrogen (secondary N) is 1. The molecular formula is C9H10F2N2O2. The topological polar surface area (TPSA) is 62.2 Å². The van der Waals surface area contributed by atoms with Gasteiger partial charge in [-0.15, -0.1) is 0 Å². The van der Waals surface area contributed by atoms with Gasteiger partial charge in [-0.1, -0.05) is 0 Å². The normalized spacial score (nSPS) is 12.3. The summed E-state index contributed by atoms with van der Waals surface area (Å²) in [6.07, 6.45) is 0.249. The third-order valence-electron chi connectivity index (χ3n) is 1.65. The van der Waals surface area contributed by atoms with E-state index in [2.05, 4.69) is 10.3 Å². The van der Waals surface area contributed by atoms with Gasteiger partial charge in [0, 0.05) is 12.7 Å². The molecule has 1 aromatic rings. The van der Waals surface area contributed by atoms with Crippen molar-refractivity contribution in [3.05, 3.63) is 29.6 Å². The van der Waals surface area contributed by atoms with Crippen LogP contribution in [0, 0.1) is 11.8 Å². The highest BCUT2D eigenvalue weighted by atomic mass is 19.2. The van der Waals surface area contributed by atoms with Gasteiger partial charge < -0.3 is 10.4 Å². The van der Waals surface area contributed by atoms with Gasteiger partial charge in [0.1, 0.15) is 0 Å². The van der Waals surface area contributed by atoms with Crippen molar-refractivity contribution in [3.63, 3.8) is 0 Å². The number of amides is 1. The van der Waals surface area contributed by atoms with E-state index in [0.29, 0.717) is 0 Å². The third kappa shape index (κ3) is 2.95. The molecule has 2 N–H and O–H groups in total. The Balaban J connectivity index is 2.78. The lowest BCUT2D eigenvalue weighted by atomic mass is 10.2. The Morgan fingerprint density at radius 3 is 2.93 bits per heavy atom. The number of aliphatic hydroxyl groups is 1. The molecule has 0 bridgehead atoms. The quantitative estimate of drug-likeness (QED) is 0.722. The molecule has 0 unspecified atom stereocenters. The summed E-state index contributed by atoms with van der Waals surface area (Å²) in [6.45, 7) is 1.44. The molecule has 0 aromatic carbocycles. The summed E-state index contributed by atoms with van der Waals surface area (Å²) in [5, 5.41) is 11.1. The lowest BCUT2D eigenvalue weighted by molar-refractivity contribution is 0.0918. The molecule has 0 fully saturated rings. The first-order valence-electron chi connectivity index (χ1n) is 4.28. The van der Waals surface area contributed by atoms with Crippen molar-refractivity contribution in [1.29, 1.82) is 0 Å². The summed E-state index contributed by atoms with van der Waals surface area (Å²) in [5.74, 6) is -3.39. The van der Waals surface area contributed by atoms with Crippen molar-refractivity contribution in [1.82, 2.24) is 10.3 Å². The van der Waals surface area contributed by atoms with Crippen LogP contribution in [-0.2, 0) is 0 Å². The van der Waals surface area contributed by atoms with E-state index in [1.807, 2.05) is 0 Å². The van der Waals surface area contributed by atoms with Crippen LogP contribution in [0.3, 0.4) is 0 Å². The van der Waals surface area contributed by atoms with Gasteiger partial charge in [0.25, 0.3) is 5.91 Å². The smallest absolute Gasteiger partial charge is 0.254 e. The average Bonchev–Trinajstić information content (AvgIpc) is 2.18. The first-order chi connectivity index (χ1) is 7.02. The molecule has 4 nitrogen and oxygen atoms in total. The molecule has 15 heavy (non-hydrogen) atoms. The number of hydrogen-bond donors (Lipinski definition) is 2. The molecule has 0 aliphatic heterocycles. The van der Waals surface area contributed by atoms with Crippen molar-refractivity contribution >= 4 is 5.91 Å². The minimum atomic E-state index is -1.32. The summed E-state index contributed by atoms with van der Waals surface area (Å²) < 4.78 is 25.6. The van der Waals surface area contributed by atoms with Crippen LogP contribution in [-0.4, -0.2) is 28.6 Å². The van der Waals surface area contributed by atoms with Crippen LogP contribution in [0.1, 0.15) is 17.3 Å². The zero-order chi connectivity index (χ0) is 11.4. The van der Waals surface area contributed by atoms with E-state index in [9.17, 15) is 13.6 Å². The predicted molar refractivity (Wildman–Crippen MR) is 48.2 cm³/mol. The van der Waals surface area contributed by atoms with E-state index < -0.39 is 29.3 Å². The predicted octanol–water partition coefficient (Wildman–Crippen LogP) is 0.470. The molecular weight excluding hydrogens is 206 g/mol. The number of hydrogen-bond acceptors (Lipinski definition) is 3. The van der Waals surface area contributed by atoms with Crippen LogP contribution >= 0.6 is 0 Å². The Morgan fingerprint density at radius 1 is 1.67 bits per heavy atom. The third-order valence-corrected chi connectivity index (χ3v) is 1.65. The van der Waals surface area contributed by atoms with Gasteiger partial charge in [-0.25, -0.2) is 9.37 Å². The Morgan fingerprint density at radius 2 is 2.33 bits per heavy atom. The fourth-order valence-corrected chi connectivity index (χ4v) is 0.929. The van der Waals surface area contributed by atoms with E-state index in [-0.39, 0.29) is 6.54 Å². The van der Waals surface area contributed by atoms with E-state index >= 15 is 0 Å². The van der Waals surface area contributed by atoms with Gasteiger partial charge in [0.05, 0.1) is 11.7 Å². The number of rotatable bonds is 3. The molecule has 0 saturated heterocycles. The van der Waals surface area contributed by atoms with Gasteiger partial charge in [0.2, 0.25) is 5.95 Å². The average molecular weight is 216 g/mol. The number of carbonyl (C=O) groups is 1. The Labute approximate surface area is 84.9 Å². The maximum atomic E-state index is 13.0. The van der Waals surface area contributed by atoms with Crippen LogP contribution in [0.15, 0.2) is 12.3 Å². The maximum absolute atomic E-state index is 13.0. The molecule has 1 rings (SSSR count). The van der Waals surface area contributed by atoms with Crippen LogP contribution in [0.2, 0.25) is 0 Å². The molecule has 82 valence electrons. The zero-order valence-electron chi connectivity index (χ0n) is 8.00. The van der Waals surface area contributed by atoms with E-state index in [0.717, 1.165) is 12.3 Å². The molecule has 1 heterocycles. The van der Waals surface area contributed by atoms with Gasteiger partial charge in [-0.2, -0.15) is 4.39 Å². The van der Waals surface area contributed by atoms with Crippen LogP contribution in [0.4, 0.5) is 8.78 Å². The van der Waals surface area contributed by atoms with E-state index in [4.69, 9.17) is 5.11 Å². The lowest BCUT2D eigenvalue weighted by Crippen LogP contribution is -2.31. The summed E-state index contributed by atoms with van der Waals surface area (Å²) >= 11 is 0. The SMILES string of the molecule is C[C@@H](O)CNC(=O)c1ccnc(F)c1F. The lowest BCUT2D eigenvalue weighted by Gasteiger charge is -2.07. The minimum absolute atomic E-state index is 0.0256. The molecule has 0 aliphatic carbocycles. The summed E-state index contributed by atoms with van der Waals surface area (Å²) in [7, 11) is 0. The zero-order valence-corrected chi connectivity index (χ0v) is 8.00. The highest BCUT2D eigenvalue weighted by molar-refractivity contribution is 5.94. The largest absolute Gasteiger partial charge is 0.392 e. The first kappa shape index (κ1) is 11.5. The van der Waals surface area contributed by atoms with Gasteiger partial charge in [0.15, 0.2) is 5.82 Å². The molecule has 0 radical (unpaired) electrons.